The van der Waals surface area contributed by atoms with E-state index in [0.29, 0.717) is 0 Å². The van der Waals surface area contributed by atoms with Gasteiger partial charge >= 0.3 is 0 Å². The lowest BCUT2D eigenvalue weighted by Gasteiger charge is -2.14. The summed E-state index contributed by atoms with van der Waals surface area (Å²) in [6, 6.07) is 10.9. The van der Waals surface area contributed by atoms with E-state index in [9.17, 15) is 0 Å². The van der Waals surface area contributed by atoms with Gasteiger partial charge in [0, 0.05) is 16.7 Å². The topological polar surface area (TPSA) is 12.0 Å². The monoisotopic (exact) mass is 317 g/mol. The van der Waals surface area contributed by atoms with E-state index in [-0.39, 0.29) is 0 Å². The van der Waals surface area contributed by atoms with Crippen molar-refractivity contribution in [3.8, 4) is 0 Å². The fourth-order valence-electron chi connectivity index (χ4n) is 2.45. The Labute approximate surface area is 124 Å². The number of nitrogens with one attached hydrogen (secondary N) is 1. The van der Waals surface area contributed by atoms with Gasteiger partial charge in [-0.25, -0.2) is 0 Å². The maximum atomic E-state index is 3.59. The van der Waals surface area contributed by atoms with Gasteiger partial charge in [0.15, 0.2) is 0 Å². The van der Waals surface area contributed by atoms with Gasteiger partial charge in [-0.3, -0.25) is 0 Å². The molecule has 0 spiro atoms. The van der Waals surface area contributed by atoms with Gasteiger partial charge in [-0.2, -0.15) is 0 Å². The summed E-state index contributed by atoms with van der Waals surface area (Å²) in [4.78, 5) is 0. The number of aryl methyl sites for hydroxylation is 4. The van der Waals surface area contributed by atoms with Crippen molar-refractivity contribution >= 4 is 21.6 Å². The quantitative estimate of drug-likeness (QED) is 0.810. The largest absolute Gasteiger partial charge is 0.380 e. The second-order valence-electron chi connectivity index (χ2n) is 5.21. The number of hydrogen-bond acceptors (Lipinski definition) is 1. The van der Waals surface area contributed by atoms with Crippen molar-refractivity contribution in [1.29, 1.82) is 0 Å². The molecule has 0 aliphatic rings. The highest BCUT2D eigenvalue weighted by atomic mass is 79.9. The third kappa shape index (κ3) is 3.38. The van der Waals surface area contributed by atoms with Gasteiger partial charge in [0.1, 0.15) is 0 Å². The second-order valence-corrected chi connectivity index (χ2v) is 6.07. The third-order valence-corrected chi connectivity index (χ3v) is 4.11. The van der Waals surface area contributed by atoms with Crippen LogP contribution in [0.1, 0.15) is 27.8 Å². The minimum absolute atomic E-state index is 0.861. The van der Waals surface area contributed by atoms with Crippen molar-refractivity contribution in [3.63, 3.8) is 0 Å². The zero-order chi connectivity index (χ0) is 14.0. The minimum Gasteiger partial charge on any atom is -0.380 e. The van der Waals surface area contributed by atoms with Crippen molar-refractivity contribution < 1.29 is 0 Å². The maximum absolute atomic E-state index is 3.59. The van der Waals surface area contributed by atoms with E-state index in [2.05, 4.69) is 79.3 Å². The van der Waals surface area contributed by atoms with Crippen LogP contribution in [0.5, 0.6) is 0 Å². The van der Waals surface area contributed by atoms with Gasteiger partial charge in [-0.1, -0.05) is 23.8 Å². The molecular weight excluding hydrogens is 298 g/mol. The first-order valence-electron chi connectivity index (χ1n) is 6.54. The number of anilines is 1. The van der Waals surface area contributed by atoms with Crippen LogP contribution in [0.2, 0.25) is 0 Å². The molecule has 100 valence electrons. The van der Waals surface area contributed by atoms with Crippen LogP contribution in [-0.2, 0) is 6.54 Å². The summed E-state index contributed by atoms with van der Waals surface area (Å²) >= 11 is 3.59. The van der Waals surface area contributed by atoms with E-state index in [1.807, 2.05) is 0 Å². The molecule has 19 heavy (non-hydrogen) atoms. The summed E-state index contributed by atoms with van der Waals surface area (Å²) in [6.07, 6.45) is 0. The minimum atomic E-state index is 0.861. The van der Waals surface area contributed by atoms with E-state index in [1.54, 1.807) is 0 Å². The van der Waals surface area contributed by atoms with E-state index in [1.165, 1.54) is 27.8 Å². The lowest BCUT2D eigenvalue weighted by molar-refractivity contribution is 1.08. The molecule has 0 fully saturated rings. The van der Waals surface area contributed by atoms with Crippen molar-refractivity contribution in [1.82, 2.24) is 0 Å². The maximum Gasteiger partial charge on any atom is 0.0489 e. The number of benzene rings is 2. The summed E-state index contributed by atoms with van der Waals surface area (Å²) in [5, 5.41) is 3.52. The molecule has 0 radical (unpaired) electrons. The highest BCUT2D eigenvalue weighted by molar-refractivity contribution is 9.10. The molecule has 0 saturated heterocycles. The van der Waals surface area contributed by atoms with E-state index in [0.717, 1.165) is 16.7 Å². The molecule has 1 N–H and O–H groups in total. The number of rotatable bonds is 3. The van der Waals surface area contributed by atoms with E-state index >= 15 is 0 Å². The predicted octanol–water partition coefficient (Wildman–Crippen LogP) is 5.29. The fraction of sp³-hybridized carbons (Fsp3) is 0.294. The molecule has 0 saturated carbocycles. The van der Waals surface area contributed by atoms with Gasteiger partial charge < -0.3 is 5.32 Å². The summed E-state index contributed by atoms with van der Waals surface area (Å²) in [5.41, 5.74) is 7.85. The van der Waals surface area contributed by atoms with Crippen molar-refractivity contribution in [2.45, 2.75) is 34.2 Å². The first-order valence-corrected chi connectivity index (χ1v) is 7.33. The zero-order valence-electron chi connectivity index (χ0n) is 12.0. The standard InChI is InChI=1S/C17H20BrN/c1-11-5-6-16(18)17(9-11)19-10-15-13(3)7-12(2)8-14(15)4/h5-9,19H,10H2,1-4H3. The van der Waals surface area contributed by atoms with Gasteiger partial charge in [0.25, 0.3) is 0 Å². The van der Waals surface area contributed by atoms with Crippen molar-refractivity contribution in [2.75, 3.05) is 5.32 Å². The molecule has 0 aliphatic heterocycles. The Morgan fingerprint density at radius 2 is 1.53 bits per heavy atom. The molecule has 0 aliphatic carbocycles. The van der Waals surface area contributed by atoms with Crippen LogP contribution in [0.4, 0.5) is 5.69 Å². The first kappa shape index (κ1) is 14.1. The second kappa shape index (κ2) is 5.79. The molecule has 0 bridgehead atoms. The highest BCUT2D eigenvalue weighted by Crippen LogP contribution is 2.25. The average Bonchev–Trinajstić information content (AvgIpc) is 2.32. The summed E-state index contributed by atoms with van der Waals surface area (Å²) in [5.74, 6) is 0. The zero-order valence-corrected chi connectivity index (χ0v) is 13.6. The predicted molar refractivity (Wildman–Crippen MR) is 86.9 cm³/mol. The van der Waals surface area contributed by atoms with Crippen LogP contribution >= 0.6 is 15.9 Å². The molecule has 0 unspecified atom stereocenters. The Hall–Kier alpha value is -1.28. The van der Waals surface area contributed by atoms with Gasteiger partial charge in [-0.15, -0.1) is 0 Å². The highest BCUT2D eigenvalue weighted by Gasteiger charge is 2.05. The Morgan fingerprint density at radius 3 is 2.16 bits per heavy atom. The Balaban J connectivity index is 2.21. The number of hydrogen-bond donors (Lipinski definition) is 1. The smallest absolute Gasteiger partial charge is 0.0489 e. The van der Waals surface area contributed by atoms with Crippen LogP contribution in [0.15, 0.2) is 34.8 Å². The Morgan fingerprint density at radius 1 is 0.895 bits per heavy atom. The number of halogens is 1. The Kier molecular flexibility index (Phi) is 4.31. The van der Waals surface area contributed by atoms with Gasteiger partial charge in [0.05, 0.1) is 0 Å². The molecule has 2 aromatic rings. The van der Waals surface area contributed by atoms with Gasteiger partial charge in [-0.05, 0) is 78.0 Å². The fourth-order valence-corrected chi connectivity index (χ4v) is 2.83. The van der Waals surface area contributed by atoms with Crippen molar-refractivity contribution in [2.24, 2.45) is 0 Å². The average molecular weight is 318 g/mol. The van der Waals surface area contributed by atoms with Gasteiger partial charge in [0.2, 0.25) is 0 Å². The lowest BCUT2D eigenvalue weighted by Crippen LogP contribution is -2.04. The van der Waals surface area contributed by atoms with Crippen LogP contribution in [0.25, 0.3) is 0 Å². The molecule has 0 aromatic heterocycles. The van der Waals surface area contributed by atoms with Crippen LogP contribution < -0.4 is 5.32 Å². The summed E-state index contributed by atoms with van der Waals surface area (Å²) < 4.78 is 1.11. The van der Waals surface area contributed by atoms with Crippen LogP contribution in [0, 0.1) is 27.7 Å². The van der Waals surface area contributed by atoms with Crippen molar-refractivity contribution in [3.05, 3.63) is 62.6 Å². The molecule has 2 aromatic carbocycles. The molecule has 0 amide bonds. The SMILES string of the molecule is Cc1cc(C)c(CNc2cc(C)ccc2Br)c(C)c1. The van der Waals surface area contributed by atoms with Crippen LogP contribution in [0.3, 0.4) is 0 Å². The molecule has 0 atom stereocenters. The Bertz CT molecular complexity index is 579. The normalized spacial score (nSPS) is 10.6. The molecule has 2 heteroatoms. The third-order valence-electron chi connectivity index (χ3n) is 3.42. The molecular formula is C17H20BrN. The first-order chi connectivity index (χ1) is 8.97. The molecule has 0 heterocycles. The lowest BCUT2D eigenvalue weighted by atomic mass is 10.00. The van der Waals surface area contributed by atoms with E-state index < -0.39 is 0 Å². The molecule has 2 rings (SSSR count). The van der Waals surface area contributed by atoms with E-state index in [4.69, 9.17) is 0 Å². The van der Waals surface area contributed by atoms with Crippen LogP contribution in [-0.4, -0.2) is 0 Å². The summed E-state index contributed by atoms with van der Waals surface area (Å²) in [6.45, 7) is 9.49. The summed E-state index contributed by atoms with van der Waals surface area (Å²) in [7, 11) is 0. The molecule has 1 nitrogen and oxygen atoms in total.